The van der Waals surface area contributed by atoms with Crippen molar-refractivity contribution in [3.63, 3.8) is 0 Å². The number of hydroxylamine groups is 1. The molecule has 0 radical (unpaired) electrons. The first-order valence-corrected chi connectivity index (χ1v) is 11.5. The Bertz CT molecular complexity index is 1030. The number of benzene rings is 1. The Balaban J connectivity index is 1.47. The molecular formula is C18H23FN6O3S. The molecular weight excluding hydrogens is 399 g/mol. The van der Waals surface area contributed by atoms with Gasteiger partial charge in [-0.3, -0.25) is 20.5 Å². The Morgan fingerprint density at radius 3 is 2.79 bits per heavy atom. The number of fused-ring (bicyclic) bond motifs is 1. The first-order chi connectivity index (χ1) is 13.8. The average molecular weight is 422 g/mol. The highest BCUT2D eigenvalue weighted by molar-refractivity contribution is 7.92. The highest BCUT2D eigenvalue weighted by atomic mass is 32.2. The van der Waals surface area contributed by atoms with E-state index in [9.17, 15) is 13.8 Å². The molecule has 2 aliphatic rings. The van der Waals surface area contributed by atoms with Crippen molar-refractivity contribution in [2.75, 3.05) is 11.6 Å². The van der Waals surface area contributed by atoms with Gasteiger partial charge in [-0.15, -0.1) is 0 Å². The van der Waals surface area contributed by atoms with Crippen LogP contribution in [0.2, 0.25) is 0 Å². The number of anilines is 1. The summed E-state index contributed by atoms with van der Waals surface area (Å²) in [7, 11) is -2.54. The van der Waals surface area contributed by atoms with E-state index < -0.39 is 9.73 Å². The molecule has 29 heavy (non-hydrogen) atoms. The summed E-state index contributed by atoms with van der Waals surface area (Å²) >= 11 is 0. The predicted octanol–water partition coefficient (Wildman–Crippen LogP) is 2.63. The zero-order chi connectivity index (χ0) is 20.6. The molecule has 1 unspecified atom stereocenters. The predicted molar refractivity (Wildman–Crippen MR) is 105 cm³/mol. The minimum absolute atomic E-state index is 0.0668. The first kappa shape index (κ1) is 19.8. The quantitative estimate of drug-likeness (QED) is 0.330. The van der Waals surface area contributed by atoms with E-state index in [1.807, 2.05) is 5.48 Å². The maximum atomic E-state index is 13.5. The number of nitrogens with one attached hydrogen (secondary N) is 3. The van der Waals surface area contributed by atoms with Gasteiger partial charge in [-0.25, -0.2) is 13.2 Å². The van der Waals surface area contributed by atoms with Crippen LogP contribution in [0.4, 0.5) is 10.2 Å². The summed E-state index contributed by atoms with van der Waals surface area (Å²) in [5, 5.41) is 20.4. The maximum absolute atomic E-state index is 13.5. The topological polar surface area (TPSA) is 136 Å². The van der Waals surface area contributed by atoms with E-state index in [-0.39, 0.29) is 34.7 Å². The second kappa shape index (κ2) is 7.71. The molecule has 156 valence electrons. The molecule has 1 saturated carbocycles. The molecule has 4 N–H and O–H groups in total. The van der Waals surface area contributed by atoms with Gasteiger partial charge in [-0.2, -0.15) is 0 Å². The van der Waals surface area contributed by atoms with Crippen molar-refractivity contribution in [3.05, 3.63) is 40.8 Å². The Morgan fingerprint density at radius 2 is 2.10 bits per heavy atom. The Labute approximate surface area is 167 Å². The van der Waals surface area contributed by atoms with Crippen molar-refractivity contribution in [1.82, 2.24) is 15.8 Å². The van der Waals surface area contributed by atoms with Gasteiger partial charge in [0.05, 0.1) is 6.04 Å². The molecule has 0 bridgehead atoms. The zero-order valence-electron chi connectivity index (χ0n) is 15.9. The molecule has 9 nitrogen and oxygen atoms in total. The van der Waals surface area contributed by atoms with Gasteiger partial charge in [-0.1, -0.05) is 6.07 Å². The summed E-state index contributed by atoms with van der Waals surface area (Å²) in [4.78, 5) is 4.45. The van der Waals surface area contributed by atoms with Crippen molar-refractivity contribution >= 4 is 21.4 Å². The van der Waals surface area contributed by atoms with E-state index in [0.29, 0.717) is 25.1 Å². The minimum atomic E-state index is -2.54. The number of rotatable bonds is 5. The summed E-state index contributed by atoms with van der Waals surface area (Å²) in [6.07, 6.45) is 5.01. The number of amidine groups is 1. The van der Waals surface area contributed by atoms with Gasteiger partial charge in [0.25, 0.3) is 0 Å². The van der Waals surface area contributed by atoms with E-state index in [1.54, 1.807) is 6.07 Å². The van der Waals surface area contributed by atoms with Gasteiger partial charge >= 0.3 is 0 Å². The number of hydrogen-bond donors (Lipinski definition) is 4. The third-order valence-corrected chi connectivity index (χ3v) is 7.38. The van der Waals surface area contributed by atoms with Gasteiger partial charge in [0.2, 0.25) is 5.82 Å². The van der Waals surface area contributed by atoms with Crippen LogP contribution >= 0.6 is 0 Å². The maximum Gasteiger partial charge on any atom is 0.202 e. The average Bonchev–Trinajstić information content (AvgIpc) is 3.12. The molecule has 2 aromatic rings. The molecule has 4 rings (SSSR count). The summed E-state index contributed by atoms with van der Waals surface area (Å²) in [6, 6.07) is 4.37. The lowest BCUT2D eigenvalue weighted by Crippen LogP contribution is -2.33. The van der Waals surface area contributed by atoms with Crippen molar-refractivity contribution in [2.24, 2.45) is 4.99 Å². The van der Waals surface area contributed by atoms with Crippen molar-refractivity contribution < 1.29 is 18.4 Å². The van der Waals surface area contributed by atoms with Gasteiger partial charge in [0, 0.05) is 27.3 Å². The number of aromatic nitrogens is 2. The van der Waals surface area contributed by atoms with E-state index in [2.05, 4.69) is 20.6 Å². The third-order valence-electron chi connectivity index (χ3n) is 5.63. The number of hydrogen-bond acceptors (Lipinski definition) is 8. The van der Waals surface area contributed by atoms with Crippen LogP contribution in [0, 0.1) is 10.6 Å². The van der Waals surface area contributed by atoms with Crippen LogP contribution in [-0.2, 0) is 16.1 Å². The fraction of sp³-hybridized carbons (Fsp3) is 0.500. The van der Waals surface area contributed by atoms with Crippen LogP contribution < -0.4 is 10.8 Å². The lowest BCUT2D eigenvalue weighted by atomic mass is 9.83. The molecule has 2 aliphatic carbocycles. The van der Waals surface area contributed by atoms with Crippen molar-refractivity contribution in [3.8, 4) is 0 Å². The van der Waals surface area contributed by atoms with Gasteiger partial charge in [-0.05, 0) is 65.7 Å². The van der Waals surface area contributed by atoms with Crippen LogP contribution in [0.1, 0.15) is 48.5 Å². The van der Waals surface area contributed by atoms with Crippen LogP contribution in [0.25, 0.3) is 0 Å². The fourth-order valence-electron chi connectivity index (χ4n) is 3.95. The van der Waals surface area contributed by atoms with Crippen LogP contribution in [-0.4, -0.2) is 43.1 Å². The molecule has 2 atom stereocenters. The van der Waals surface area contributed by atoms with Crippen molar-refractivity contribution in [1.29, 1.82) is 4.78 Å². The molecule has 1 aromatic carbocycles. The van der Waals surface area contributed by atoms with Crippen molar-refractivity contribution in [2.45, 2.75) is 49.4 Å². The highest BCUT2D eigenvalue weighted by Crippen LogP contribution is 2.37. The molecule has 0 amide bonds. The Morgan fingerprint density at radius 1 is 1.34 bits per heavy atom. The molecule has 1 aromatic heterocycles. The van der Waals surface area contributed by atoms with Gasteiger partial charge in [0.15, 0.2) is 11.5 Å². The van der Waals surface area contributed by atoms with Gasteiger partial charge in [0.1, 0.15) is 5.82 Å². The summed E-state index contributed by atoms with van der Waals surface area (Å²) < 4.78 is 38.0. The lowest BCUT2D eigenvalue weighted by Gasteiger charge is -2.29. The molecule has 0 saturated heterocycles. The second-order valence-electron chi connectivity index (χ2n) is 7.64. The normalized spacial score (nSPS) is 26.2. The Kier molecular flexibility index (Phi) is 5.26. The fourth-order valence-corrected chi connectivity index (χ4v) is 5.12. The van der Waals surface area contributed by atoms with E-state index in [1.165, 1.54) is 18.4 Å². The van der Waals surface area contributed by atoms with Gasteiger partial charge < -0.3 is 5.32 Å². The molecule has 1 heterocycles. The van der Waals surface area contributed by atoms with E-state index in [0.717, 1.165) is 24.0 Å². The molecule has 1 fully saturated rings. The van der Waals surface area contributed by atoms with Crippen LogP contribution in [0.5, 0.6) is 0 Å². The standard InChI is InChI=1S/C18H23FN6O3S/c1-29(20,27)13-6-4-12(5-7-13)21-18-16(24-28-25-18)17(23-26)22-15-8-10-2-3-11(19)9-14(10)15/h2-3,9,12-13,15,20,26H,4-8H2,1H3,(H,21,25)(H,22,23)/t12?,13?,15-,29?/m1/s1. The second-order valence-corrected chi connectivity index (χ2v) is 10.1. The lowest BCUT2D eigenvalue weighted by molar-refractivity contribution is 0.232. The summed E-state index contributed by atoms with van der Waals surface area (Å²) in [6.45, 7) is 0. The highest BCUT2D eigenvalue weighted by Gasteiger charge is 2.30. The zero-order valence-corrected chi connectivity index (χ0v) is 16.7. The van der Waals surface area contributed by atoms with Crippen LogP contribution in [0.15, 0.2) is 27.8 Å². The molecule has 0 spiro atoms. The largest absolute Gasteiger partial charge is 0.363 e. The summed E-state index contributed by atoms with van der Waals surface area (Å²) in [5.41, 5.74) is 4.08. The Hall–Kier alpha value is -2.53. The molecule has 11 heteroatoms. The monoisotopic (exact) mass is 422 g/mol. The third kappa shape index (κ3) is 4.10. The van der Waals surface area contributed by atoms with E-state index >= 15 is 0 Å². The summed E-state index contributed by atoms with van der Waals surface area (Å²) in [5.74, 6) is 0.104. The smallest absolute Gasteiger partial charge is 0.202 e. The number of nitrogens with zero attached hydrogens (tertiary/aromatic N) is 3. The molecule has 0 aliphatic heterocycles. The van der Waals surface area contributed by atoms with Crippen LogP contribution in [0.3, 0.4) is 0 Å². The SMILES string of the molecule is CS(=N)(=O)C1CCC(Nc2nonc2C(=N[C@@H]2Cc3ccc(F)cc32)NO)CC1. The van der Waals surface area contributed by atoms with E-state index in [4.69, 9.17) is 9.41 Å². The number of halogens is 1. The number of aliphatic imine (C=N–C) groups is 1. The first-order valence-electron chi connectivity index (χ1n) is 9.43. The minimum Gasteiger partial charge on any atom is -0.363 e.